The molecule has 1 heterocycles. The summed E-state index contributed by atoms with van der Waals surface area (Å²) in [6, 6.07) is 8.05. The topological polar surface area (TPSA) is 71.1 Å². The maximum absolute atomic E-state index is 12.2. The number of aromatic nitrogens is 1. The van der Waals surface area contributed by atoms with E-state index in [0.29, 0.717) is 0 Å². The zero-order valence-corrected chi connectivity index (χ0v) is 14.8. The third-order valence-corrected chi connectivity index (χ3v) is 4.02. The predicted molar refractivity (Wildman–Crippen MR) is 95.9 cm³/mol. The molecule has 0 saturated heterocycles. The quantitative estimate of drug-likeness (QED) is 0.784. The molecule has 0 bridgehead atoms. The summed E-state index contributed by atoms with van der Waals surface area (Å²) in [5.41, 5.74) is 2.81. The van der Waals surface area contributed by atoms with E-state index < -0.39 is 11.9 Å². The fourth-order valence-electron chi connectivity index (χ4n) is 2.30. The van der Waals surface area contributed by atoms with Gasteiger partial charge in [0, 0.05) is 5.69 Å². The Morgan fingerprint density at radius 3 is 2.21 bits per heavy atom. The Hall–Kier alpha value is -2.11. The van der Waals surface area contributed by atoms with Crippen LogP contribution in [0, 0.1) is 0 Å². The lowest BCUT2D eigenvalue weighted by Crippen LogP contribution is -2.35. The van der Waals surface area contributed by atoms with Crippen LogP contribution < -0.4 is 10.6 Å². The smallest absolute Gasteiger partial charge is 0.307 e. The average Bonchev–Trinajstić information content (AvgIpc) is 2.54. The maximum Gasteiger partial charge on any atom is 0.326 e. The summed E-state index contributed by atoms with van der Waals surface area (Å²) in [6.07, 6.45) is 1.54. The van der Waals surface area contributed by atoms with E-state index in [9.17, 15) is 9.59 Å². The summed E-state index contributed by atoms with van der Waals surface area (Å²) < 4.78 is 0. The number of anilines is 1. The van der Waals surface area contributed by atoms with Gasteiger partial charge in [0.2, 0.25) is 0 Å². The first-order valence-electron chi connectivity index (χ1n) is 7.51. The van der Waals surface area contributed by atoms with Crippen molar-refractivity contribution in [3.63, 3.8) is 0 Å². The molecule has 126 valence electrons. The highest BCUT2D eigenvalue weighted by Gasteiger charge is 2.16. The molecule has 1 aromatic heterocycles. The molecule has 2 N–H and O–H groups in total. The van der Waals surface area contributed by atoms with Gasteiger partial charge in [0.15, 0.2) is 0 Å². The lowest BCUT2D eigenvalue weighted by molar-refractivity contribution is 0.0967. The largest absolute Gasteiger partial charge is 0.326 e. The van der Waals surface area contributed by atoms with Crippen molar-refractivity contribution in [1.82, 2.24) is 10.3 Å². The zero-order chi connectivity index (χ0) is 17.7. The highest BCUT2D eigenvalue weighted by molar-refractivity contribution is 6.35. The van der Waals surface area contributed by atoms with Crippen molar-refractivity contribution in [2.45, 2.75) is 26.7 Å². The summed E-state index contributed by atoms with van der Waals surface area (Å²) >= 11 is 11.6. The number of halogens is 2. The van der Waals surface area contributed by atoms with Crippen molar-refractivity contribution in [1.29, 1.82) is 0 Å². The van der Waals surface area contributed by atoms with Gasteiger partial charge in [0.1, 0.15) is 10.3 Å². The second kappa shape index (κ2) is 8.13. The van der Waals surface area contributed by atoms with E-state index in [2.05, 4.69) is 15.6 Å². The van der Waals surface area contributed by atoms with Crippen LogP contribution in [-0.2, 0) is 12.8 Å². The van der Waals surface area contributed by atoms with Crippen LogP contribution in [-0.4, -0.2) is 16.9 Å². The lowest BCUT2D eigenvalue weighted by Gasteiger charge is -2.14. The first-order valence-corrected chi connectivity index (χ1v) is 8.27. The molecule has 5 nitrogen and oxygen atoms in total. The number of aryl methyl sites for hydroxylation is 2. The number of para-hydroxylation sites is 1. The van der Waals surface area contributed by atoms with Gasteiger partial charge in [0.25, 0.3) is 5.91 Å². The number of carbonyl (C=O) groups is 2. The van der Waals surface area contributed by atoms with E-state index in [4.69, 9.17) is 23.2 Å². The van der Waals surface area contributed by atoms with E-state index in [-0.39, 0.29) is 15.9 Å². The molecule has 0 atom stereocenters. The summed E-state index contributed by atoms with van der Waals surface area (Å²) in [5, 5.41) is 5.12. The van der Waals surface area contributed by atoms with Gasteiger partial charge in [-0.05, 0) is 36.1 Å². The molecule has 0 aliphatic carbocycles. The molecule has 0 spiro atoms. The van der Waals surface area contributed by atoms with E-state index >= 15 is 0 Å². The second-order valence-corrected chi connectivity index (χ2v) is 5.78. The molecule has 0 saturated carbocycles. The molecular formula is C17H17Cl2N3O2. The molecule has 0 fully saturated rings. The number of nitrogens with zero attached hydrogens (tertiary/aromatic N) is 1. The number of pyridine rings is 1. The molecule has 1 aromatic carbocycles. The Morgan fingerprint density at radius 1 is 1.04 bits per heavy atom. The van der Waals surface area contributed by atoms with Gasteiger partial charge in [-0.15, -0.1) is 0 Å². The van der Waals surface area contributed by atoms with E-state index in [0.717, 1.165) is 29.7 Å². The Morgan fingerprint density at radius 2 is 1.67 bits per heavy atom. The number of benzene rings is 1. The predicted octanol–water partition coefficient (Wildman–Crippen LogP) is 4.48. The van der Waals surface area contributed by atoms with Crippen molar-refractivity contribution >= 4 is 40.8 Å². The minimum Gasteiger partial charge on any atom is -0.307 e. The van der Waals surface area contributed by atoms with Crippen LogP contribution >= 0.6 is 23.2 Å². The summed E-state index contributed by atoms with van der Waals surface area (Å²) in [4.78, 5) is 28.1. The Balaban J connectivity index is 2.15. The molecule has 0 unspecified atom stereocenters. The number of nitrogens with one attached hydrogen (secondary N) is 2. The minimum absolute atomic E-state index is 0.0593. The maximum atomic E-state index is 12.2. The fraction of sp³-hybridized carbons (Fsp3) is 0.235. The second-order valence-electron chi connectivity index (χ2n) is 5.04. The monoisotopic (exact) mass is 365 g/mol. The molecule has 2 rings (SSSR count). The van der Waals surface area contributed by atoms with E-state index in [1.54, 1.807) is 0 Å². The first kappa shape index (κ1) is 18.2. The zero-order valence-electron chi connectivity index (χ0n) is 13.3. The first-order chi connectivity index (χ1) is 11.5. The van der Waals surface area contributed by atoms with Gasteiger partial charge >= 0.3 is 6.03 Å². The number of hydrogen-bond acceptors (Lipinski definition) is 3. The van der Waals surface area contributed by atoms with Crippen molar-refractivity contribution < 1.29 is 9.59 Å². The van der Waals surface area contributed by atoms with Crippen molar-refractivity contribution in [3.8, 4) is 0 Å². The third-order valence-electron chi connectivity index (χ3n) is 3.52. The van der Waals surface area contributed by atoms with Crippen molar-refractivity contribution in [2.75, 3.05) is 5.32 Å². The number of hydrogen-bond donors (Lipinski definition) is 2. The molecule has 0 radical (unpaired) electrons. The number of carbonyl (C=O) groups excluding carboxylic acids is 2. The summed E-state index contributed by atoms with van der Waals surface area (Å²) in [7, 11) is 0. The van der Waals surface area contributed by atoms with Crippen LogP contribution in [0.25, 0.3) is 0 Å². The number of urea groups is 1. The van der Waals surface area contributed by atoms with Gasteiger partial charge in [-0.2, -0.15) is 0 Å². The van der Waals surface area contributed by atoms with E-state index in [1.807, 2.05) is 32.0 Å². The van der Waals surface area contributed by atoms with Crippen LogP contribution in [0.3, 0.4) is 0 Å². The normalized spacial score (nSPS) is 10.3. The summed E-state index contributed by atoms with van der Waals surface area (Å²) in [5.74, 6) is -0.645. The number of rotatable bonds is 4. The minimum atomic E-state index is -0.645. The SMILES string of the molecule is CCc1cccc(CC)c1NC(=O)NC(=O)c1ccc(Cl)nc1Cl. The van der Waals surface area contributed by atoms with E-state index in [1.165, 1.54) is 12.1 Å². The van der Waals surface area contributed by atoms with Gasteiger partial charge in [0.05, 0.1) is 5.56 Å². The van der Waals surface area contributed by atoms with Crippen LogP contribution in [0.1, 0.15) is 35.3 Å². The number of imide groups is 1. The molecule has 2 aromatic rings. The molecule has 0 aliphatic rings. The molecular weight excluding hydrogens is 349 g/mol. The molecule has 7 heteroatoms. The average molecular weight is 366 g/mol. The lowest BCUT2D eigenvalue weighted by atomic mass is 10.0. The molecule has 3 amide bonds. The Labute approximate surface area is 150 Å². The van der Waals surface area contributed by atoms with Crippen LogP contribution in [0.15, 0.2) is 30.3 Å². The third kappa shape index (κ3) is 4.24. The molecule has 0 aliphatic heterocycles. The highest BCUT2D eigenvalue weighted by Crippen LogP contribution is 2.22. The number of amides is 3. The standard InChI is InChI=1S/C17H17Cl2N3O2/c1-3-10-6-5-7-11(4-2)14(10)21-17(24)22-16(23)12-8-9-13(18)20-15(12)19/h5-9H,3-4H2,1-2H3,(H2,21,22,23,24). The Kier molecular flexibility index (Phi) is 6.17. The van der Waals surface area contributed by atoms with Gasteiger partial charge in [-0.1, -0.05) is 55.2 Å². The molecule has 24 heavy (non-hydrogen) atoms. The van der Waals surface area contributed by atoms with Crippen LogP contribution in [0.5, 0.6) is 0 Å². The Bertz CT molecular complexity index is 756. The van der Waals surface area contributed by atoms with Gasteiger partial charge in [-0.3, -0.25) is 10.1 Å². The van der Waals surface area contributed by atoms with Crippen LogP contribution in [0.4, 0.5) is 10.5 Å². The fourth-order valence-corrected chi connectivity index (χ4v) is 2.73. The van der Waals surface area contributed by atoms with Gasteiger partial charge < -0.3 is 5.32 Å². The van der Waals surface area contributed by atoms with Crippen molar-refractivity contribution in [3.05, 3.63) is 57.3 Å². The van der Waals surface area contributed by atoms with Crippen molar-refractivity contribution in [2.24, 2.45) is 0 Å². The van der Waals surface area contributed by atoms with Gasteiger partial charge in [-0.25, -0.2) is 9.78 Å². The van der Waals surface area contributed by atoms with Crippen LogP contribution in [0.2, 0.25) is 10.3 Å². The summed E-state index contributed by atoms with van der Waals surface area (Å²) in [6.45, 7) is 4.00. The highest BCUT2D eigenvalue weighted by atomic mass is 35.5.